The van der Waals surface area contributed by atoms with E-state index in [2.05, 4.69) is 6.92 Å². The van der Waals surface area contributed by atoms with E-state index in [1.165, 1.54) is 6.92 Å². The van der Waals surface area contributed by atoms with Crippen LogP contribution in [0.1, 0.15) is 96.3 Å². The lowest BCUT2D eigenvalue weighted by Crippen LogP contribution is -2.81. The standard InChI is InChI=1S/C33H46O8/c1-19(2)17-25(36)40-26-27-30(4)14-12-23(35)18-22(30)11-15-32(27,38)33(39)16-13-24(20(3)34)31(33,5)28(26)41-29(37)21-9-7-6-8-10-21/h6-10,19,22-24,26-28,35,38-39H,11-18H2,1-5H3/t22?,23?,24-,26?,27-,28?,30+,31+,32+,33+/m1/s1. The van der Waals surface area contributed by atoms with Gasteiger partial charge in [-0.25, -0.2) is 4.79 Å². The van der Waals surface area contributed by atoms with E-state index < -0.39 is 64.1 Å². The number of carbonyl (C=O) groups is 3. The molecule has 10 atom stereocenters. The fourth-order valence-electron chi connectivity index (χ4n) is 9.54. The van der Waals surface area contributed by atoms with Gasteiger partial charge < -0.3 is 24.8 Å². The smallest absolute Gasteiger partial charge is 0.338 e. The summed E-state index contributed by atoms with van der Waals surface area (Å²) in [6.45, 7) is 9.07. The van der Waals surface area contributed by atoms with Gasteiger partial charge in [0.25, 0.3) is 0 Å². The summed E-state index contributed by atoms with van der Waals surface area (Å²) in [6.07, 6.45) is 0.347. The van der Waals surface area contributed by atoms with Crippen molar-refractivity contribution in [3.63, 3.8) is 0 Å². The van der Waals surface area contributed by atoms with E-state index in [-0.39, 0.29) is 36.9 Å². The van der Waals surface area contributed by atoms with Gasteiger partial charge in [0.1, 0.15) is 29.2 Å². The zero-order valence-corrected chi connectivity index (χ0v) is 25.0. The zero-order chi connectivity index (χ0) is 30.0. The first-order chi connectivity index (χ1) is 19.2. The van der Waals surface area contributed by atoms with Gasteiger partial charge >= 0.3 is 11.9 Å². The molecule has 0 saturated heterocycles. The van der Waals surface area contributed by atoms with Crippen LogP contribution in [0.5, 0.6) is 0 Å². The summed E-state index contributed by atoms with van der Waals surface area (Å²) in [5.41, 5.74) is -5.18. The molecule has 4 fully saturated rings. The molecule has 4 unspecified atom stereocenters. The Balaban J connectivity index is 1.71. The second-order valence-electron chi connectivity index (χ2n) is 14.2. The number of ketones is 1. The van der Waals surface area contributed by atoms with Crippen molar-refractivity contribution in [3.8, 4) is 0 Å². The van der Waals surface area contributed by atoms with Crippen LogP contribution in [0, 0.1) is 34.5 Å². The quantitative estimate of drug-likeness (QED) is 0.433. The highest BCUT2D eigenvalue weighted by atomic mass is 16.6. The van der Waals surface area contributed by atoms with Gasteiger partial charge in [0.15, 0.2) is 0 Å². The van der Waals surface area contributed by atoms with E-state index in [0.717, 1.165) is 0 Å². The Morgan fingerprint density at radius 1 is 0.976 bits per heavy atom. The average molecular weight is 571 g/mol. The highest BCUT2D eigenvalue weighted by Crippen LogP contribution is 2.71. The van der Waals surface area contributed by atoms with Crippen LogP contribution in [0.2, 0.25) is 0 Å². The first-order valence-corrected chi connectivity index (χ1v) is 15.3. The molecule has 0 bridgehead atoms. The summed E-state index contributed by atoms with van der Waals surface area (Å²) in [6, 6.07) is 8.50. The first-order valence-electron chi connectivity index (χ1n) is 15.3. The second-order valence-corrected chi connectivity index (χ2v) is 14.2. The van der Waals surface area contributed by atoms with Crippen molar-refractivity contribution in [1.29, 1.82) is 0 Å². The number of hydrogen-bond acceptors (Lipinski definition) is 8. The molecule has 4 aliphatic carbocycles. The Morgan fingerprint density at radius 3 is 2.29 bits per heavy atom. The van der Waals surface area contributed by atoms with E-state index in [1.54, 1.807) is 37.3 Å². The second kappa shape index (κ2) is 10.5. The molecule has 41 heavy (non-hydrogen) atoms. The predicted octanol–water partition coefficient (Wildman–Crippen LogP) is 4.23. The molecule has 0 spiro atoms. The lowest BCUT2D eigenvalue weighted by molar-refractivity contribution is -0.347. The van der Waals surface area contributed by atoms with E-state index in [9.17, 15) is 29.7 Å². The fourth-order valence-corrected chi connectivity index (χ4v) is 9.54. The minimum Gasteiger partial charge on any atom is -0.458 e. The van der Waals surface area contributed by atoms with Crippen molar-refractivity contribution >= 4 is 17.7 Å². The van der Waals surface area contributed by atoms with E-state index in [1.807, 2.05) is 13.8 Å². The summed E-state index contributed by atoms with van der Waals surface area (Å²) in [5.74, 6) is -2.73. The number of ether oxygens (including phenoxy) is 2. The monoisotopic (exact) mass is 570 g/mol. The first kappa shape index (κ1) is 30.2. The molecule has 0 aliphatic heterocycles. The molecular formula is C33H46O8. The maximum absolute atomic E-state index is 13.7. The number of esters is 2. The molecule has 0 aromatic heterocycles. The van der Waals surface area contributed by atoms with E-state index >= 15 is 0 Å². The Labute approximate surface area is 242 Å². The van der Waals surface area contributed by atoms with Gasteiger partial charge in [-0.15, -0.1) is 0 Å². The molecule has 226 valence electrons. The third kappa shape index (κ3) is 4.47. The van der Waals surface area contributed by atoms with Crippen molar-refractivity contribution in [1.82, 2.24) is 0 Å². The van der Waals surface area contributed by atoms with Crippen LogP contribution in [0.3, 0.4) is 0 Å². The van der Waals surface area contributed by atoms with E-state index in [4.69, 9.17) is 9.47 Å². The fraction of sp³-hybridized carbons (Fsp3) is 0.727. The molecule has 8 nitrogen and oxygen atoms in total. The number of aliphatic hydroxyl groups excluding tert-OH is 1. The van der Waals surface area contributed by atoms with Crippen LogP contribution in [-0.4, -0.2) is 62.6 Å². The van der Waals surface area contributed by atoms with Gasteiger partial charge in [0.05, 0.1) is 11.7 Å². The number of hydrogen-bond donors (Lipinski definition) is 3. The maximum Gasteiger partial charge on any atom is 0.338 e. The summed E-state index contributed by atoms with van der Waals surface area (Å²) in [4.78, 5) is 40.2. The highest BCUT2D eigenvalue weighted by Gasteiger charge is 2.81. The molecule has 0 amide bonds. The highest BCUT2D eigenvalue weighted by molar-refractivity contribution is 5.89. The van der Waals surface area contributed by atoms with Gasteiger partial charge in [0, 0.05) is 23.7 Å². The van der Waals surface area contributed by atoms with Crippen LogP contribution in [0.25, 0.3) is 0 Å². The summed E-state index contributed by atoms with van der Waals surface area (Å²) < 4.78 is 12.6. The topological polar surface area (TPSA) is 130 Å². The number of rotatable bonds is 6. The number of aliphatic hydroxyl groups is 3. The molecular weight excluding hydrogens is 524 g/mol. The Morgan fingerprint density at radius 2 is 1.66 bits per heavy atom. The normalized spacial score (nSPS) is 43.4. The van der Waals surface area contributed by atoms with Crippen LogP contribution in [0.15, 0.2) is 30.3 Å². The molecule has 4 aliphatic rings. The molecule has 3 N–H and O–H groups in total. The Kier molecular flexibility index (Phi) is 7.70. The third-order valence-electron chi connectivity index (χ3n) is 11.5. The van der Waals surface area contributed by atoms with Gasteiger partial charge in [-0.1, -0.05) is 45.9 Å². The maximum atomic E-state index is 13.7. The average Bonchev–Trinajstić information content (AvgIpc) is 3.19. The van der Waals surface area contributed by atoms with Crippen LogP contribution in [0.4, 0.5) is 0 Å². The van der Waals surface area contributed by atoms with Gasteiger partial charge in [0.2, 0.25) is 0 Å². The van der Waals surface area contributed by atoms with E-state index in [0.29, 0.717) is 37.7 Å². The van der Waals surface area contributed by atoms with Crippen molar-refractivity contribution in [2.24, 2.45) is 34.5 Å². The van der Waals surface area contributed by atoms with Crippen LogP contribution < -0.4 is 0 Å². The zero-order valence-electron chi connectivity index (χ0n) is 25.0. The molecule has 5 rings (SSSR count). The Hall–Kier alpha value is -2.29. The van der Waals surface area contributed by atoms with Crippen molar-refractivity contribution in [2.75, 3.05) is 0 Å². The van der Waals surface area contributed by atoms with Crippen LogP contribution in [-0.2, 0) is 19.1 Å². The Bertz CT molecular complexity index is 1180. The molecule has 0 heterocycles. The number of Topliss-reactive ketones (excluding diaryl/α,β-unsaturated/α-hetero) is 1. The van der Waals surface area contributed by atoms with Gasteiger partial charge in [-0.3, -0.25) is 9.59 Å². The van der Waals surface area contributed by atoms with Gasteiger partial charge in [-0.05, 0) is 81.3 Å². The van der Waals surface area contributed by atoms with Crippen molar-refractivity contribution in [3.05, 3.63) is 35.9 Å². The van der Waals surface area contributed by atoms with Gasteiger partial charge in [-0.2, -0.15) is 0 Å². The largest absolute Gasteiger partial charge is 0.458 e. The minimum atomic E-state index is -1.77. The summed E-state index contributed by atoms with van der Waals surface area (Å²) in [5, 5.41) is 36.2. The molecule has 8 heteroatoms. The lowest BCUT2D eigenvalue weighted by atomic mass is 9.39. The number of carbonyl (C=O) groups excluding carboxylic acids is 3. The summed E-state index contributed by atoms with van der Waals surface area (Å²) >= 11 is 0. The SMILES string of the molecule is CC(=O)[C@H]1CC[C@@]2(O)[C@]3(O)CCC4CC(O)CC[C@]4(C)[C@H]3C(OC(=O)CC(C)C)C(OC(=O)c3ccccc3)[C@]12C. The third-order valence-corrected chi connectivity index (χ3v) is 11.5. The minimum absolute atomic E-state index is 0.0128. The summed E-state index contributed by atoms with van der Waals surface area (Å²) in [7, 11) is 0. The molecule has 1 aromatic carbocycles. The number of benzene rings is 1. The lowest BCUT2D eigenvalue weighted by Gasteiger charge is -2.69. The molecule has 0 radical (unpaired) electrons. The molecule has 1 aromatic rings. The van der Waals surface area contributed by atoms with Crippen molar-refractivity contribution < 1.29 is 39.2 Å². The molecule has 4 saturated carbocycles. The van der Waals surface area contributed by atoms with Crippen LogP contribution >= 0.6 is 0 Å². The van der Waals surface area contributed by atoms with Crippen molar-refractivity contribution in [2.45, 2.75) is 115 Å². The predicted molar refractivity (Wildman–Crippen MR) is 151 cm³/mol. The number of fused-ring (bicyclic) bond motifs is 5.